The molecule has 0 amide bonds. The Kier molecular flexibility index (Phi) is 17.4. The number of esters is 3. The first-order valence-electron chi connectivity index (χ1n) is 20.3. The van der Waals surface area contributed by atoms with Gasteiger partial charge in [0, 0.05) is 12.5 Å². The Morgan fingerprint density at radius 2 is 1.08 bits per heavy atom. The Bertz CT molecular complexity index is 2280. The van der Waals surface area contributed by atoms with Crippen molar-refractivity contribution in [2.45, 2.75) is 71.0 Å². The fourth-order valence-corrected chi connectivity index (χ4v) is 6.28. The van der Waals surface area contributed by atoms with Crippen LogP contribution >= 0.6 is 0 Å². The smallest absolute Gasteiger partial charge is 0.343 e. The van der Waals surface area contributed by atoms with Gasteiger partial charge in [0.2, 0.25) is 0 Å². The van der Waals surface area contributed by atoms with E-state index < -0.39 is 24.2 Å². The first-order valence-corrected chi connectivity index (χ1v) is 20.3. The minimum absolute atomic E-state index is 0.0617. The molecule has 1 unspecified atom stereocenters. The van der Waals surface area contributed by atoms with Gasteiger partial charge in [-0.1, -0.05) is 50.8 Å². The summed E-state index contributed by atoms with van der Waals surface area (Å²) < 4.78 is 33.4. The average molecular weight is 817 g/mol. The third-order valence-electron chi connectivity index (χ3n) is 9.60. The van der Waals surface area contributed by atoms with Gasteiger partial charge in [-0.25, -0.2) is 14.4 Å². The number of fused-ring (bicyclic) bond motifs is 2. The van der Waals surface area contributed by atoms with Crippen molar-refractivity contribution < 1.29 is 52.7 Å². The maximum absolute atomic E-state index is 13.3. The molecule has 0 aromatic heterocycles. The SMILES string of the molecule is C=CC(=O)OCCCCCCOc1ccc2cc(C(=O)Oc3ccc(OC(=O)c4ccc5cc(OCCCCCCOC(O)C=C)ccc5c4)cc3C(=O)CC)ccc2c1. The van der Waals surface area contributed by atoms with Crippen LogP contribution in [0.4, 0.5) is 0 Å². The summed E-state index contributed by atoms with van der Waals surface area (Å²) in [5.74, 6) is -0.295. The Morgan fingerprint density at radius 1 is 0.583 bits per heavy atom. The van der Waals surface area contributed by atoms with Crippen molar-refractivity contribution in [3.8, 4) is 23.0 Å². The minimum Gasteiger partial charge on any atom is -0.494 e. The monoisotopic (exact) mass is 816 g/mol. The number of carbonyl (C=O) groups is 4. The van der Waals surface area contributed by atoms with Crippen molar-refractivity contribution in [2.75, 3.05) is 26.4 Å². The number of ether oxygens (including phenoxy) is 6. The molecule has 0 aliphatic heterocycles. The molecule has 5 rings (SSSR count). The number of hydrogen-bond acceptors (Lipinski definition) is 11. The number of aliphatic hydroxyl groups excluding tert-OH is 1. The van der Waals surface area contributed by atoms with Gasteiger partial charge >= 0.3 is 17.9 Å². The second kappa shape index (κ2) is 23.3. The zero-order chi connectivity index (χ0) is 42.7. The molecule has 0 saturated carbocycles. The molecule has 314 valence electrons. The summed E-state index contributed by atoms with van der Waals surface area (Å²) in [5.41, 5.74) is 0.750. The number of benzene rings is 5. The van der Waals surface area contributed by atoms with Gasteiger partial charge < -0.3 is 33.5 Å². The Labute approximate surface area is 350 Å². The molecule has 0 heterocycles. The summed E-state index contributed by atoms with van der Waals surface area (Å²) in [4.78, 5) is 50.7. The van der Waals surface area contributed by atoms with Crippen LogP contribution in [0.5, 0.6) is 23.0 Å². The maximum Gasteiger partial charge on any atom is 0.343 e. The van der Waals surface area contributed by atoms with Gasteiger partial charge in [0.15, 0.2) is 12.1 Å². The molecule has 60 heavy (non-hydrogen) atoms. The van der Waals surface area contributed by atoms with Crippen molar-refractivity contribution >= 4 is 45.2 Å². The van der Waals surface area contributed by atoms with Crippen LogP contribution in [0.2, 0.25) is 0 Å². The third-order valence-corrected chi connectivity index (χ3v) is 9.60. The lowest BCUT2D eigenvalue weighted by atomic mass is 10.1. The quantitative estimate of drug-likeness (QED) is 0.0114. The summed E-state index contributed by atoms with van der Waals surface area (Å²) >= 11 is 0. The molecule has 5 aromatic carbocycles. The van der Waals surface area contributed by atoms with E-state index in [4.69, 9.17) is 28.4 Å². The van der Waals surface area contributed by atoms with Crippen molar-refractivity contribution in [3.63, 3.8) is 0 Å². The lowest BCUT2D eigenvalue weighted by molar-refractivity contribution is -0.137. The highest BCUT2D eigenvalue weighted by atomic mass is 16.6. The van der Waals surface area contributed by atoms with E-state index in [1.807, 2.05) is 48.5 Å². The van der Waals surface area contributed by atoms with Gasteiger partial charge in [0.1, 0.15) is 23.0 Å². The van der Waals surface area contributed by atoms with Crippen molar-refractivity contribution in [1.29, 1.82) is 0 Å². The summed E-state index contributed by atoms with van der Waals surface area (Å²) in [6.45, 7) is 10.5. The van der Waals surface area contributed by atoms with Gasteiger partial charge in [0.25, 0.3) is 0 Å². The van der Waals surface area contributed by atoms with Crippen molar-refractivity contribution in [1.82, 2.24) is 0 Å². The van der Waals surface area contributed by atoms with E-state index >= 15 is 0 Å². The lowest BCUT2D eigenvalue weighted by Crippen LogP contribution is -2.13. The molecule has 5 aromatic rings. The molecule has 0 radical (unpaired) electrons. The molecular formula is C49H52O11. The van der Waals surface area contributed by atoms with Gasteiger partial charge in [-0.3, -0.25) is 4.79 Å². The lowest BCUT2D eigenvalue weighted by Gasteiger charge is -2.12. The molecule has 11 nitrogen and oxygen atoms in total. The first kappa shape index (κ1) is 44.8. The van der Waals surface area contributed by atoms with Gasteiger partial charge in [-0.15, -0.1) is 0 Å². The van der Waals surface area contributed by atoms with Gasteiger partial charge in [-0.05, 0) is 139 Å². The molecule has 0 spiro atoms. The molecule has 1 atom stereocenters. The molecule has 0 saturated heterocycles. The molecule has 0 aliphatic carbocycles. The van der Waals surface area contributed by atoms with E-state index in [-0.39, 0.29) is 29.3 Å². The van der Waals surface area contributed by atoms with Crippen LogP contribution in [0.15, 0.2) is 116 Å². The molecular weight excluding hydrogens is 765 g/mol. The van der Waals surface area contributed by atoms with Crippen molar-refractivity contribution in [2.24, 2.45) is 0 Å². The first-order chi connectivity index (χ1) is 29.2. The standard InChI is InChI=1S/C49H52O11/c1-4-44(50)43-33-42(59-48(53)38-17-15-36-31-40(21-19-34(36)29-38)55-25-11-7-9-13-27-57-46(51)5-2)23-24-45(43)60-49(54)39-18-16-37-32-41(22-20-35(37)30-39)56-26-12-8-10-14-28-58-47(52)6-3/h5-6,15-24,29-33,46,51H,2-4,7-14,25-28H2,1H3. The molecule has 11 heteroatoms. The number of Topliss-reactive ketones (excluding diaryl/α,β-unsaturated/α-hetero) is 1. The van der Waals surface area contributed by atoms with Gasteiger partial charge in [0.05, 0.1) is 43.1 Å². The van der Waals surface area contributed by atoms with Crippen molar-refractivity contribution in [3.05, 3.63) is 133 Å². The summed E-state index contributed by atoms with van der Waals surface area (Å²) in [7, 11) is 0. The molecule has 0 aliphatic rings. The fraction of sp³-hybridized carbons (Fsp3) is 0.306. The minimum atomic E-state index is -0.919. The molecule has 1 N–H and O–H groups in total. The largest absolute Gasteiger partial charge is 0.494 e. The predicted octanol–water partition coefficient (Wildman–Crippen LogP) is 10.2. The van der Waals surface area contributed by atoms with Crippen LogP contribution in [0.3, 0.4) is 0 Å². The van der Waals surface area contributed by atoms with E-state index in [2.05, 4.69) is 13.2 Å². The zero-order valence-electron chi connectivity index (χ0n) is 34.0. The van der Waals surface area contributed by atoms with E-state index in [0.29, 0.717) is 43.3 Å². The van der Waals surface area contributed by atoms with Crippen LogP contribution in [0.25, 0.3) is 21.5 Å². The number of carbonyl (C=O) groups excluding carboxylic acids is 4. The zero-order valence-corrected chi connectivity index (χ0v) is 34.0. The fourth-order valence-electron chi connectivity index (χ4n) is 6.28. The summed E-state index contributed by atoms with van der Waals surface area (Å²) in [5, 5.41) is 12.8. The Morgan fingerprint density at radius 3 is 1.63 bits per heavy atom. The molecule has 0 fully saturated rings. The average Bonchev–Trinajstić information content (AvgIpc) is 3.27. The Hall–Kier alpha value is -6.30. The summed E-state index contributed by atoms with van der Waals surface area (Å²) in [6.07, 6.45) is 8.92. The van der Waals surface area contributed by atoms with E-state index in [0.717, 1.165) is 84.7 Å². The maximum atomic E-state index is 13.3. The number of aliphatic hydroxyl groups is 1. The van der Waals surface area contributed by atoms with Crippen LogP contribution in [0.1, 0.15) is 95.8 Å². The number of rotatable bonds is 25. The normalized spacial score (nSPS) is 11.4. The highest BCUT2D eigenvalue weighted by Crippen LogP contribution is 2.29. The van der Waals surface area contributed by atoms with Crippen LogP contribution in [0, 0.1) is 0 Å². The van der Waals surface area contributed by atoms with E-state index in [1.165, 1.54) is 24.3 Å². The summed E-state index contributed by atoms with van der Waals surface area (Å²) in [6, 6.07) is 26.1. The second-order valence-electron chi connectivity index (χ2n) is 14.1. The van der Waals surface area contributed by atoms with Crippen LogP contribution in [-0.2, 0) is 14.3 Å². The van der Waals surface area contributed by atoms with E-state index in [1.54, 1.807) is 31.2 Å². The number of unbranched alkanes of at least 4 members (excludes halogenated alkanes) is 6. The van der Waals surface area contributed by atoms with Crippen LogP contribution in [-0.4, -0.2) is 61.5 Å². The second-order valence-corrected chi connectivity index (χ2v) is 14.1. The number of ketones is 1. The van der Waals surface area contributed by atoms with Crippen LogP contribution < -0.4 is 18.9 Å². The van der Waals surface area contributed by atoms with Gasteiger partial charge in [-0.2, -0.15) is 0 Å². The Balaban J connectivity index is 1.12. The van der Waals surface area contributed by atoms with E-state index in [9.17, 15) is 24.3 Å². The highest BCUT2D eigenvalue weighted by molar-refractivity contribution is 6.02. The molecule has 0 bridgehead atoms. The highest BCUT2D eigenvalue weighted by Gasteiger charge is 2.19. The number of hydrogen-bond donors (Lipinski definition) is 1. The predicted molar refractivity (Wildman–Crippen MR) is 230 cm³/mol. The third kappa shape index (κ3) is 13.6. The topological polar surface area (TPSA) is 144 Å².